The molecule has 7 nitrogen and oxygen atoms in total. The fourth-order valence-corrected chi connectivity index (χ4v) is 2.99. The number of esters is 1. The van der Waals surface area contributed by atoms with E-state index in [2.05, 4.69) is 15.3 Å². The van der Waals surface area contributed by atoms with Crippen LogP contribution in [0.1, 0.15) is 30.9 Å². The Hall–Kier alpha value is -3.16. The molecule has 0 bridgehead atoms. The Balaban J connectivity index is 2.32. The van der Waals surface area contributed by atoms with Gasteiger partial charge in [0, 0.05) is 11.3 Å². The van der Waals surface area contributed by atoms with E-state index in [9.17, 15) is 18.8 Å². The number of rotatable bonds is 3. The number of hydrogen-bond acceptors (Lipinski definition) is 5. The second-order valence-corrected chi connectivity index (χ2v) is 5.54. The fourth-order valence-electron chi connectivity index (χ4n) is 2.99. The first-order chi connectivity index (χ1) is 11.9. The minimum atomic E-state index is -1.00. The van der Waals surface area contributed by atoms with Crippen LogP contribution < -0.4 is 16.6 Å². The maximum Gasteiger partial charge on any atom is 0.336 e. The maximum absolute atomic E-state index is 14.4. The normalized spacial score (nSPS) is 16.2. The van der Waals surface area contributed by atoms with Gasteiger partial charge in [0.05, 0.1) is 23.7 Å². The zero-order valence-electron chi connectivity index (χ0n) is 13.6. The molecule has 1 aromatic heterocycles. The summed E-state index contributed by atoms with van der Waals surface area (Å²) in [4.78, 5) is 41.0. The molecule has 25 heavy (non-hydrogen) atoms. The summed E-state index contributed by atoms with van der Waals surface area (Å²) < 4.78 is 19.5. The highest BCUT2D eigenvalue weighted by Gasteiger charge is 2.37. The number of allylic oxidation sites excluding steroid dienone is 1. The molecular weight excluding hydrogens is 329 g/mol. The van der Waals surface area contributed by atoms with E-state index >= 15 is 0 Å². The molecule has 0 saturated heterocycles. The number of aromatic nitrogens is 2. The van der Waals surface area contributed by atoms with E-state index in [0.29, 0.717) is 5.70 Å². The molecule has 3 rings (SSSR count). The number of benzene rings is 1. The van der Waals surface area contributed by atoms with Crippen LogP contribution in [0.2, 0.25) is 0 Å². The second kappa shape index (κ2) is 6.39. The van der Waals surface area contributed by atoms with Gasteiger partial charge in [0.25, 0.3) is 5.56 Å². The Morgan fingerprint density at radius 1 is 1.24 bits per heavy atom. The molecule has 8 heteroatoms. The summed E-state index contributed by atoms with van der Waals surface area (Å²) in [6.45, 7) is 3.39. The molecule has 1 unspecified atom stereocenters. The van der Waals surface area contributed by atoms with Gasteiger partial charge in [-0.2, -0.15) is 0 Å². The van der Waals surface area contributed by atoms with Crippen LogP contribution in [0.5, 0.6) is 0 Å². The van der Waals surface area contributed by atoms with Crippen molar-refractivity contribution in [3.05, 3.63) is 73.3 Å². The average molecular weight is 345 g/mol. The molecule has 0 aliphatic carbocycles. The molecule has 1 aromatic carbocycles. The third-order valence-electron chi connectivity index (χ3n) is 3.98. The van der Waals surface area contributed by atoms with Crippen molar-refractivity contribution >= 4 is 11.8 Å². The van der Waals surface area contributed by atoms with Crippen LogP contribution in [0.25, 0.3) is 0 Å². The first-order valence-electron chi connectivity index (χ1n) is 7.69. The van der Waals surface area contributed by atoms with Crippen molar-refractivity contribution in [2.75, 3.05) is 11.9 Å². The Kier molecular flexibility index (Phi) is 4.26. The molecule has 0 fully saturated rings. The predicted octanol–water partition coefficient (Wildman–Crippen LogP) is 1.60. The monoisotopic (exact) mass is 345 g/mol. The molecule has 1 atom stereocenters. The van der Waals surface area contributed by atoms with Gasteiger partial charge in [-0.15, -0.1) is 0 Å². The number of anilines is 1. The van der Waals surface area contributed by atoms with Crippen molar-refractivity contribution in [2.24, 2.45) is 0 Å². The first kappa shape index (κ1) is 16.7. The summed E-state index contributed by atoms with van der Waals surface area (Å²) >= 11 is 0. The van der Waals surface area contributed by atoms with Crippen LogP contribution in [-0.2, 0) is 9.53 Å². The van der Waals surface area contributed by atoms with Crippen molar-refractivity contribution in [3.63, 3.8) is 0 Å². The number of nitrogens with one attached hydrogen (secondary N) is 3. The van der Waals surface area contributed by atoms with Gasteiger partial charge in [0.1, 0.15) is 11.6 Å². The standard InChI is InChI=1S/C17H16FN3O4/c1-3-25-16(23)11-8(2)19-14-13(15(22)21-17(24)20-14)12(11)9-6-4-5-7-10(9)18/h4-7,12H,3H2,1-2H3,(H3,19,20,21,22,24). The summed E-state index contributed by atoms with van der Waals surface area (Å²) in [6.07, 6.45) is 0. The number of aromatic amines is 2. The summed E-state index contributed by atoms with van der Waals surface area (Å²) in [5.74, 6) is -2.10. The van der Waals surface area contributed by atoms with E-state index in [-0.39, 0.29) is 29.1 Å². The number of halogens is 1. The Labute approximate surface area is 141 Å². The van der Waals surface area contributed by atoms with Gasteiger partial charge in [-0.3, -0.25) is 14.8 Å². The van der Waals surface area contributed by atoms with Crippen molar-refractivity contribution in [1.29, 1.82) is 0 Å². The molecule has 0 amide bonds. The Morgan fingerprint density at radius 2 is 1.96 bits per heavy atom. The number of ether oxygens (including phenoxy) is 1. The third kappa shape index (κ3) is 2.86. The second-order valence-electron chi connectivity index (χ2n) is 5.54. The van der Waals surface area contributed by atoms with E-state index in [1.54, 1.807) is 19.9 Å². The van der Waals surface area contributed by atoms with Gasteiger partial charge in [-0.1, -0.05) is 18.2 Å². The lowest BCUT2D eigenvalue weighted by molar-refractivity contribution is -0.138. The SMILES string of the molecule is CCOC(=O)C1=C(C)Nc2[nH]c(=O)[nH]c(=O)c2C1c1ccccc1F. The van der Waals surface area contributed by atoms with Gasteiger partial charge in [0.15, 0.2) is 0 Å². The molecule has 1 aliphatic rings. The smallest absolute Gasteiger partial charge is 0.336 e. The largest absolute Gasteiger partial charge is 0.463 e. The topological polar surface area (TPSA) is 104 Å². The minimum Gasteiger partial charge on any atom is -0.463 e. The van der Waals surface area contributed by atoms with Crippen LogP contribution in [-0.4, -0.2) is 22.5 Å². The van der Waals surface area contributed by atoms with Crippen LogP contribution in [0, 0.1) is 5.82 Å². The number of carbonyl (C=O) groups excluding carboxylic acids is 1. The lowest BCUT2D eigenvalue weighted by Crippen LogP contribution is -2.35. The van der Waals surface area contributed by atoms with Crippen molar-refractivity contribution in [3.8, 4) is 0 Å². The van der Waals surface area contributed by atoms with Gasteiger partial charge in [0.2, 0.25) is 0 Å². The lowest BCUT2D eigenvalue weighted by atomic mass is 9.82. The highest BCUT2D eigenvalue weighted by atomic mass is 19.1. The van der Waals surface area contributed by atoms with Gasteiger partial charge < -0.3 is 10.1 Å². The van der Waals surface area contributed by atoms with Crippen LogP contribution in [0.15, 0.2) is 45.1 Å². The fraction of sp³-hybridized carbons (Fsp3) is 0.235. The van der Waals surface area contributed by atoms with E-state index in [1.807, 2.05) is 0 Å². The number of fused-ring (bicyclic) bond motifs is 1. The Morgan fingerprint density at radius 3 is 2.64 bits per heavy atom. The first-order valence-corrected chi connectivity index (χ1v) is 7.69. The molecule has 2 aromatic rings. The molecule has 1 aliphatic heterocycles. The molecule has 0 radical (unpaired) electrons. The zero-order chi connectivity index (χ0) is 18.1. The van der Waals surface area contributed by atoms with Crippen molar-refractivity contribution in [2.45, 2.75) is 19.8 Å². The molecule has 3 N–H and O–H groups in total. The molecular formula is C17H16FN3O4. The quantitative estimate of drug-likeness (QED) is 0.733. The third-order valence-corrected chi connectivity index (χ3v) is 3.98. The van der Waals surface area contributed by atoms with E-state index in [4.69, 9.17) is 4.74 Å². The number of hydrogen-bond donors (Lipinski definition) is 3. The predicted molar refractivity (Wildman–Crippen MR) is 88.9 cm³/mol. The van der Waals surface area contributed by atoms with Gasteiger partial charge in [-0.05, 0) is 19.9 Å². The highest BCUT2D eigenvalue weighted by molar-refractivity contribution is 5.94. The Bertz CT molecular complexity index is 990. The van der Waals surface area contributed by atoms with Crippen LogP contribution in [0.3, 0.4) is 0 Å². The molecule has 130 valence electrons. The number of carbonyl (C=O) groups is 1. The average Bonchev–Trinajstić information content (AvgIpc) is 2.53. The molecule has 2 heterocycles. The van der Waals surface area contributed by atoms with Gasteiger partial charge >= 0.3 is 11.7 Å². The van der Waals surface area contributed by atoms with E-state index in [1.165, 1.54) is 18.2 Å². The highest BCUT2D eigenvalue weighted by Crippen LogP contribution is 2.39. The van der Waals surface area contributed by atoms with Crippen LogP contribution in [0.4, 0.5) is 10.2 Å². The summed E-state index contributed by atoms with van der Waals surface area (Å²) in [7, 11) is 0. The zero-order valence-corrected chi connectivity index (χ0v) is 13.6. The summed E-state index contributed by atoms with van der Waals surface area (Å²) in [6, 6.07) is 5.86. The van der Waals surface area contributed by atoms with E-state index in [0.717, 1.165) is 0 Å². The number of H-pyrrole nitrogens is 2. The van der Waals surface area contributed by atoms with E-state index < -0.39 is 29.0 Å². The molecule has 0 spiro atoms. The molecule has 0 saturated carbocycles. The summed E-state index contributed by atoms with van der Waals surface area (Å²) in [5, 5.41) is 2.83. The van der Waals surface area contributed by atoms with Gasteiger partial charge in [-0.25, -0.2) is 14.0 Å². The van der Waals surface area contributed by atoms with Crippen LogP contribution >= 0.6 is 0 Å². The van der Waals surface area contributed by atoms with Crippen molar-refractivity contribution in [1.82, 2.24) is 9.97 Å². The lowest BCUT2D eigenvalue weighted by Gasteiger charge is -2.28. The summed E-state index contributed by atoms with van der Waals surface area (Å²) in [5.41, 5.74) is -0.703. The minimum absolute atomic E-state index is 0.0540. The maximum atomic E-state index is 14.4. The van der Waals surface area contributed by atoms with Crippen molar-refractivity contribution < 1.29 is 13.9 Å².